The number of aryl methyl sites for hydroxylation is 2. The van der Waals surface area contributed by atoms with Crippen molar-refractivity contribution in [3.05, 3.63) is 17.0 Å². The third-order valence-electron chi connectivity index (χ3n) is 5.86. The summed E-state index contributed by atoms with van der Waals surface area (Å²) in [5.74, 6) is 0.992. The lowest BCUT2D eigenvalue weighted by Crippen LogP contribution is -2.45. The van der Waals surface area contributed by atoms with Crippen molar-refractivity contribution in [2.75, 3.05) is 27.2 Å². The molecule has 0 aliphatic heterocycles. The molecule has 1 aromatic heterocycles. The van der Waals surface area contributed by atoms with Gasteiger partial charge in [0.2, 0.25) is 5.91 Å². The first-order chi connectivity index (χ1) is 13.2. The summed E-state index contributed by atoms with van der Waals surface area (Å²) >= 11 is 0. The van der Waals surface area contributed by atoms with Crippen LogP contribution in [0.3, 0.4) is 0 Å². The minimum absolute atomic E-state index is 0. The van der Waals surface area contributed by atoms with Crippen molar-refractivity contribution >= 4 is 35.8 Å². The minimum atomic E-state index is -0.342. The molecular formula is C21H39IN6O. The Bertz CT molecular complexity index is 706. The lowest BCUT2D eigenvalue weighted by molar-refractivity contribution is -0.138. The van der Waals surface area contributed by atoms with Gasteiger partial charge in [-0.25, -0.2) is 0 Å². The molecule has 0 spiro atoms. The third-order valence-corrected chi connectivity index (χ3v) is 5.86. The first-order valence-corrected chi connectivity index (χ1v) is 10.5. The van der Waals surface area contributed by atoms with Gasteiger partial charge >= 0.3 is 0 Å². The number of rotatable bonds is 7. The molecule has 8 heteroatoms. The number of carbonyl (C=O) groups excluding carboxylic acids is 1. The minimum Gasteiger partial charge on any atom is -0.357 e. The topological polar surface area (TPSA) is 74.6 Å². The zero-order valence-corrected chi connectivity index (χ0v) is 21.5. The fraction of sp³-hybridized carbons (Fsp3) is 0.762. The van der Waals surface area contributed by atoms with Gasteiger partial charge in [0.15, 0.2) is 5.96 Å². The normalized spacial score (nSPS) is 16.9. The van der Waals surface area contributed by atoms with Crippen LogP contribution in [-0.2, 0) is 18.3 Å². The number of hydrogen-bond acceptors (Lipinski definition) is 3. The molecule has 1 amide bonds. The molecule has 29 heavy (non-hydrogen) atoms. The number of aliphatic imine (C=N–C) groups is 1. The summed E-state index contributed by atoms with van der Waals surface area (Å²) in [5, 5.41) is 11.4. The summed E-state index contributed by atoms with van der Waals surface area (Å²) < 4.78 is 1.94. The van der Waals surface area contributed by atoms with Crippen molar-refractivity contribution < 1.29 is 4.79 Å². The van der Waals surface area contributed by atoms with Gasteiger partial charge in [0.1, 0.15) is 0 Å². The average molecular weight is 518 g/mol. The smallest absolute Gasteiger partial charge is 0.230 e. The van der Waals surface area contributed by atoms with E-state index in [0.717, 1.165) is 50.3 Å². The fourth-order valence-corrected chi connectivity index (χ4v) is 4.22. The van der Waals surface area contributed by atoms with Crippen LogP contribution in [-0.4, -0.2) is 59.8 Å². The van der Waals surface area contributed by atoms with E-state index < -0.39 is 0 Å². The summed E-state index contributed by atoms with van der Waals surface area (Å²) in [6, 6.07) is 0.212. The number of amides is 1. The standard InChI is InChI=1S/C21H38N6O.HI/c1-8-22-20(23-14-21(11-9-10-12-21)19(28)26(5)6)24-15(2)13-18-16(3)25-27(7)17(18)4;/h15H,8-14H2,1-7H3,(H2,22,23,24);1H. The summed E-state index contributed by atoms with van der Waals surface area (Å²) in [6.45, 7) is 9.72. The van der Waals surface area contributed by atoms with Crippen LogP contribution in [0.25, 0.3) is 0 Å². The van der Waals surface area contributed by atoms with Crippen molar-refractivity contribution in [3.8, 4) is 0 Å². The molecule has 1 atom stereocenters. The maximum Gasteiger partial charge on any atom is 0.230 e. The quantitative estimate of drug-likeness (QED) is 0.331. The Morgan fingerprint density at radius 3 is 2.41 bits per heavy atom. The summed E-state index contributed by atoms with van der Waals surface area (Å²) in [7, 11) is 5.67. The van der Waals surface area contributed by atoms with Gasteiger partial charge in [-0.1, -0.05) is 12.8 Å². The molecule has 0 bridgehead atoms. The van der Waals surface area contributed by atoms with Gasteiger partial charge in [-0.3, -0.25) is 14.5 Å². The van der Waals surface area contributed by atoms with Crippen molar-refractivity contribution in [3.63, 3.8) is 0 Å². The van der Waals surface area contributed by atoms with Crippen LogP contribution < -0.4 is 10.6 Å². The van der Waals surface area contributed by atoms with E-state index >= 15 is 0 Å². The average Bonchev–Trinajstić information content (AvgIpc) is 3.20. The maximum atomic E-state index is 12.8. The highest BCUT2D eigenvalue weighted by Gasteiger charge is 2.42. The second-order valence-electron chi connectivity index (χ2n) is 8.40. The highest BCUT2D eigenvalue weighted by atomic mass is 127. The Labute approximate surface area is 193 Å². The first kappa shape index (κ1) is 25.7. The highest BCUT2D eigenvalue weighted by Crippen LogP contribution is 2.39. The monoisotopic (exact) mass is 518 g/mol. The fourth-order valence-electron chi connectivity index (χ4n) is 4.22. The highest BCUT2D eigenvalue weighted by molar-refractivity contribution is 14.0. The van der Waals surface area contributed by atoms with E-state index in [-0.39, 0.29) is 41.3 Å². The van der Waals surface area contributed by atoms with Gasteiger partial charge in [-0.15, -0.1) is 24.0 Å². The van der Waals surface area contributed by atoms with Crippen molar-refractivity contribution in [1.29, 1.82) is 0 Å². The predicted molar refractivity (Wildman–Crippen MR) is 130 cm³/mol. The zero-order valence-electron chi connectivity index (χ0n) is 19.1. The molecule has 1 aliphatic rings. The van der Waals surface area contributed by atoms with Crippen LogP contribution in [0, 0.1) is 19.3 Å². The number of aromatic nitrogens is 2. The molecule has 1 heterocycles. The lowest BCUT2D eigenvalue weighted by Gasteiger charge is -2.29. The number of guanidine groups is 1. The Balaban J connectivity index is 0.00000420. The number of halogens is 1. The molecule has 2 N–H and O–H groups in total. The number of nitrogens with zero attached hydrogens (tertiary/aromatic N) is 4. The molecule has 1 unspecified atom stereocenters. The molecule has 0 aromatic carbocycles. The lowest BCUT2D eigenvalue weighted by atomic mass is 9.85. The third kappa shape index (κ3) is 6.33. The van der Waals surface area contributed by atoms with Crippen molar-refractivity contribution in [2.45, 2.75) is 65.8 Å². The van der Waals surface area contributed by atoms with E-state index in [4.69, 9.17) is 4.99 Å². The summed E-state index contributed by atoms with van der Waals surface area (Å²) in [5.41, 5.74) is 3.23. The van der Waals surface area contributed by atoms with Crippen LogP contribution in [0.1, 0.15) is 56.5 Å². The van der Waals surface area contributed by atoms with E-state index in [0.29, 0.717) is 6.54 Å². The Kier molecular flexibility index (Phi) is 9.91. The Hall–Kier alpha value is -1.32. The molecule has 0 radical (unpaired) electrons. The summed E-state index contributed by atoms with van der Waals surface area (Å²) in [4.78, 5) is 19.3. The van der Waals surface area contributed by atoms with E-state index in [9.17, 15) is 4.79 Å². The number of carbonyl (C=O) groups is 1. The van der Waals surface area contributed by atoms with Gasteiger partial charge in [0, 0.05) is 39.4 Å². The zero-order chi connectivity index (χ0) is 20.9. The van der Waals surface area contributed by atoms with Crippen molar-refractivity contribution in [2.24, 2.45) is 17.5 Å². The molecular weight excluding hydrogens is 479 g/mol. The van der Waals surface area contributed by atoms with Gasteiger partial charge < -0.3 is 15.5 Å². The van der Waals surface area contributed by atoms with Gasteiger partial charge in [0.05, 0.1) is 17.7 Å². The largest absolute Gasteiger partial charge is 0.357 e. The van der Waals surface area contributed by atoms with Crippen LogP contribution in [0.2, 0.25) is 0 Å². The van der Waals surface area contributed by atoms with Crippen LogP contribution in [0.5, 0.6) is 0 Å². The molecule has 7 nitrogen and oxygen atoms in total. The van der Waals surface area contributed by atoms with E-state index in [1.54, 1.807) is 4.90 Å². The van der Waals surface area contributed by atoms with Crippen molar-refractivity contribution in [1.82, 2.24) is 25.3 Å². The van der Waals surface area contributed by atoms with Crippen LogP contribution >= 0.6 is 24.0 Å². The molecule has 2 rings (SSSR count). The molecule has 1 aliphatic carbocycles. The second kappa shape index (κ2) is 11.2. The molecule has 1 saturated carbocycles. The first-order valence-electron chi connectivity index (χ1n) is 10.5. The van der Waals surface area contributed by atoms with E-state index in [2.05, 4.69) is 43.4 Å². The molecule has 166 valence electrons. The molecule has 1 fully saturated rings. The van der Waals surface area contributed by atoms with Crippen LogP contribution in [0.15, 0.2) is 4.99 Å². The Morgan fingerprint density at radius 1 is 1.31 bits per heavy atom. The van der Waals surface area contributed by atoms with Gasteiger partial charge in [-0.2, -0.15) is 5.10 Å². The Morgan fingerprint density at radius 2 is 1.93 bits per heavy atom. The molecule has 0 saturated heterocycles. The SMILES string of the molecule is CCNC(=NCC1(C(=O)N(C)C)CCCC1)NC(C)Cc1c(C)nn(C)c1C.I. The van der Waals surface area contributed by atoms with E-state index in [1.807, 2.05) is 25.8 Å². The number of nitrogens with one attached hydrogen (secondary N) is 2. The van der Waals surface area contributed by atoms with Gasteiger partial charge in [-0.05, 0) is 52.5 Å². The van der Waals surface area contributed by atoms with Gasteiger partial charge in [0.25, 0.3) is 0 Å². The number of hydrogen-bond donors (Lipinski definition) is 2. The predicted octanol–water partition coefficient (Wildman–Crippen LogP) is 2.79. The molecule has 1 aromatic rings. The van der Waals surface area contributed by atoms with E-state index in [1.165, 1.54) is 11.3 Å². The second-order valence-corrected chi connectivity index (χ2v) is 8.40. The van der Waals surface area contributed by atoms with Crippen LogP contribution in [0.4, 0.5) is 0 Å². The summed E-state index contributed by atoms with van der Waals surface area (Å²) in [6.07, 6.45) is 4.95. The maximum absolute atomic E-state index is 12.8.